The lowest BCUT2D eigenvalue weighted by Crippen LogP contribution is -1.91. The van der Waals surface area contributed by atoms with E-state index in [2.05, 4.69) is 27.8 Å². The predicted octanol–water partition coefficient (Wildman–Crippen LogP) is 3.28. The number of aromatic nitrogens is 3. The van der Waals surface area contributed by atoms with Crippen molar-refractivity contribution in [3.63, 3.8) is 0 Å². The maximum atomic E-state index is 5.30. The first-order valence-corrected chi connectivity index (χ1v) is 6.76. The number of benzene rings is 1. The van der Waals surface area contributed by atoms with Gasteiger partial charge in [0.25, 0.3) is 0 Å². The first-order valence-electron chi connectivity index (χ1n) is 6.76. The van der Waals surface area contributed by atoms with Crippen LogP contribution in [0.3, 0.4) is 0 Å². The summed E-state index contributed by atoms with van der Waals surface area (Å²) in [5.74, 6) is 2.15. The number of fused-ring (bicyclic) bond motifs is 1. The van der Waals surface area contributed by atoms with Crippen LogP contribution in [0.25, 0.3) is 22.3 Å². The first-order chi connectivity index (χ1) is 9.76. The monoisotopic (exact) mass is 271 g/mol. The molecule has 2 heterocycles. The summed E-state index contributed by atoms with van der Waals surface area (Å²) in [5, 5.41) is 5.17. The van der Waals surface area contributed by atoms with Crippen LogP contribution in [0.15, 0.2) is 28.9 Å². The number of methoxy groups -OCH3 is 1. The van der Waals surface area contributed by atoms with E-state index in [1.807, 2.05) is 25.1 Å². The topological polar surface area (TPSA) is 53.1 Å². The molecule has 0 N–H and O–H groups in total. The third kappa shape index (κ3) is 1.95. The van der Waals surface area contributed by atoms with Crippen LogP contribution in [0, 0.1) is 0 Å². The van der Waals surface area contributed by atoms with Crippen molar-refractivity contribution in [1.29, 1.82) is 0 Å². The number of nitrogens with zero attached hydrogens (tertiary/aromatic N) is 3. The maximum Gasteiger partial charge on any atom is 0.226 e. The van der Waals surface area contributed by atoms with Gasteiger partial charge in [-0.15, -0.1) is 0 Å². The summed E-state index contributed by atoms with van der Waals surface area (Å²) in [5.41, 5.74) is 2.11. The molecular formula is C15H17N3O2. The van der Waals surface area contributed by atoms with Crippen molar-refractivity contribution in [1.82, 2.24) is 14.7 Å². The summed E-state index contributed by atoms with van der Waals surface area (Å²) in [6.07, 6.45) is 2.81. The standard InChI is InChI=1S/C15H17N3O2/c1-4-14-16-15(17-20-14)12-9-18(5-2)13-8-10(19-3)6-7-11(12)13/h6-9H,4-5H2,1-3H3. The van der Waals surface area contributed by atoms with Gasteiger partial charge in [0, 0.05) is 36.2 Å². The molecule has 5 nitrogen and oxygen atoms in total. The van der Waals surface area contributed by atoms with Gasteiger partial charge in [0.05, 0.1) is 12.6 Å². The zero-order valence-electron chi connectivity index (χ0n) is 11.9. The third-order valence-electron chi connectivity index (χ3n) is 3.44. The lowest BCUT2D eigenvalue weighted by molar-refractivity contribution is 0.383. The molecule has 0 atom stereocenters. The molecule has 0 radical (unpaired) electrons. The number of ether oxygens (including phenoxy) is 1. The molecule has 0 saturated heterocycles. The van der Waals surface area contributed by atoms with Crippen molar-refractivity contribution >= 4 is 10.9 Å². The second kappa shape index (κ2) is 5.00. The van der Waals surface area contributed by atoms with Crippen LogP contribution in [0.1, 0.15) is 19.7 Å². The molecule has 104 valence electrons. The van der Waals surface area contributed by atoms with Gasteiger partial charge in [-0.1, -0.05) is 12.1 Å². The van der Waals surface area contributed by atoms with Gasteiger partial charge < -0.3 is 13.8 Å². The summed E-state index contributed by atoms with van der Waals surface area (Å²) in [7, 11) is 1.67. The zero-order valence-corrected chi connectivity index (χ0v) is 11.9. The molecule has 0 amide bonds. The number of hydrogen-bond donors (Lipinski definition) is 0. The Labute approximate surface area is 117 Å². The summed E-state index contributed by atoms with van der Waals surface area (Å²) < 4.78 is 12.7. The second-order valence-corrected chi connectivity index (χ2v) is 4.58. The zero-order chi connectivity index (χ0) is 14.1. The average molecular weight is 271 g/mol. The fraction of sp³-hybridized carbons (Fsp3) is 0.333. The molecule has 3 rings (SSSR count). The van der Waals surface area contributed by atoms with Gasteiger partial charge in [-0.05, 0) is 19.1 Å². The second-order valence-electron chi connectivity index (χ2n) is 4.58. The van der Waals surface area contributed by atoms with E-state index >= 15 is 0 Å². The molecule has 1 aromatic carbocycles. The van der Waals surface area contributed by atoms with Gasteiger partial charge in [-0.25, -0.2) is 0 Å². The van der Waals surface area contributed by atoms with Crippen molar-refractivity contribution in [2.24, 2.45) is 0 Å². The summed E-state index contributed by atoms with van der Waals surface area (Å²) in [6, 6.07) is 6.02. The van der Waals surface area contributed by atoms with Crippen LogP contribution in [0.2, 0.25) is 0 Å². The van der Waals surface area contributed by atoms with Gasteiger partial charge in [-0.3, -0.25) is 0 Å². The highest BCUT2D eigenvalue weighted by molar-refractivity contribution is 5.95. The van der Waals surface area contributed by atoms with E-state index in [0.29, 0.717) is 11.7 Å². The van der Waals surface area contributed by atoms with E-state index in [-0.39, 0.29) is 0 Å². The van der Waals surface area contributed by atoms with E-state index in [1.165, 1.54) is 0 Å². The molecule has 3 aromatic rings. The van der Waals surface area contributed by atoms with Crippen molar-refractivity contribution < 1.29 is 9.26 Å². The Kier molecular flexibility index (Phi) is 3.18. The summed E-state index contributed by atoms with van der Waals surface area (Å²) in [6.45, 7) is 4.98. The molecule has 0 saturated carbocycles. The van der Waals surface area contributed by atoms with Gasteiger partial charge in [0.2, 0.25) is 11.7 Å². The molecule has 20 heavy (non-hydrogen) atoms. The minimum Gasteiger partial charge on any atom is -0.497 e. The normalized spacial score (nSPS) is 11.2. The molecule has 5 heteroatoms. The Bertz CT molecular complexity index is 743. The summed E-state index contributed by atoms with van der Waals surface area (Å²) in [4.78, 5) is 4.42. The number of rotatable bonds is 4. The molecule has 0 fully saturated rings. The summed E-state index contributed by atoms with van der Waals surface area (Å²) >= 11 is 0. The lowest BCUT2D eigenvalue weighted by atomic mass is 10.1. The van der Waals surface area contributed by atoms with E-state index in [1.54, 1.807) is 7.11 Å². The largest absolute Gasteiger partial charge is 0.497 e. The van der Waals surface area contributed by atoms with Crippen LogP contribution in [-0.2, 0) is 13.0 Å². The highest BCUT2D eigenvalue weighted by Gasteiger charge is 2.15. The molecule has 2 aromatic heterocycles. The van der Waals surface area contributed by atoms with E-state index in [0.717, 1.165) is 35.2 Å². The Balaban J connectivity index is 2.20. The molecule has 0 aliphatic heterocycles. The highest BCUT2D eigenvalue weighted by atomic mass is 16.5. The smallest absolute Gasteiger partial charge is 0.226 e. The van der Waals surface area contributed by atoms with Crippen LogP contribution < -0.4 is 4.74 Å². The van der Waals surface area contributed by atoms with Crippen LogP contribution >= 0.6 is 0 Å². The lowest BCUT2D eigenvalue weighted by Gasteiger charge is -2.03. The quantitative estimate of drug-likeness (QED) is 0.730. The molecule has 0 unspecified atom stereocenters. The molecule has 0 bridgehead atoms. The van der Waals surface area contributed by atoms with Crippen LogP contribution in [0.4, 0.5) is 0 Å². The minimum absolute atomic E-state index is 0.643. The van der Waals surface area contributed by atoms with Gasteiger partial charge >= 0.3 is 0 Å². The van der Waals surface area contributed by atoms with E-state index in [4.69, 9.17) is 9.26 Å². The number of aryl methyl sites for hydroxylation is 2. The van der Waals surface area contributed by atoms with Crippen molar-refractivity contribution in [3.8, 4) is 17.1 Å². The maximum absolute atomic E-state index is 5.30. The highest BCUT2D eigenvalue weighted by Crippen LogP contribution is 2.31. The molecule has 0 aliphatic carbocycles. The van der Waals surface area contributed by atoms with Gasteiger partial charge in [0.1, 0.15) is 5.75 Å². The van der Waals surface area contributed by atoms with Crippen molar-refractivity contribution in [2.75, 3.05) is 7.11 Å². The first kappa shape index (κ1) is 12.7. The van der Waals surface area contributed by atoms with Crippen molar-refractivity contribution in [2.45, 2.75) is 26.8 Å². The average Bonchev–Trinajstić information content (AvgIpc) is 3.10. The van der Waals surface area contributed by atoms with Crippen molar-refractivity contribution in [3.05, 3.63) is 30.3 Å². The Hall–Kier alpha value is -2.30. The fourth-order valence-corrected chi connectivity index (χ4v) is 2.35. The van der Waals surface area contributed by atoms with Crippen LogP contribution in [0.5, 0.6) is 5.75 Å². The Morgan fingerprint density at radius 1 is 1.30 bits per heavy atom. The van der Waals surface area contributed by atoms with Gasteiger partial charge in [0.15, 0.2) is 0 Å². The SMILES string of the molecule is CCc1nc(-c2cn(CC)c3cc(OC)ccc23)no1. The third-order valence-corrected chi connectivity index (χ3v) is 3.44. The fourth-order valence-electron chi connectivity index (χ4n) is 2.35. The van der Waals surface area contributed by atoms with E-state index < -0.39 is 0 Å². The molecular weight excluding hydrogens is 254 g/mol. The van der Waals surface area contributed by atoms with Gasteiger partial charge in [-0.2, -0.15) is 4.98 Å². The minimum atomic E-state index is 0.643. The Morgan fingerprint density at radius 3 is 2.80 bits per heavy atom. The Morgan fingerprint density at radius 2 is 2.15 bits per heavy atom. The van der Waals surface area contributed by atoms with Crippen LogP contribution in [-0.4, -0.2) is 21.8 Å². The molecule has 0 spiro atoms. The number of hydrogen-bond acceptors (Lipinski definition) is 4. The predicted molar refractivity (Wildman–Crippen MR) is 76.8 cm³/mol. The van der Waals surface area contributed by atoms with E-state index in [9.17, 15) is 0 Å². The molecule has 0 aliphatic rings.